The van der Waals surface area contributed by atoms with Crippen LogP contribution in [-0.2, 0) is 0 Å². The molecular weight excluding hydrogens is 292 g/mol. The first-order chi connectivity index (χ1) is 9.89. The number of terminal acetylenes is 1. The van der Waals surface area contributed by atoms with E-state index in [1.807, 2.05) is 6.07 Å². The molecule has 0 atom stereocenters. The van der Waals surface area contributed by atoms with Crippen LogP contribution in [0.2, 0.25) is 5.02 Å². The van der Waals surface area contributed by atoms with E-state index in [-0.39, 0.29) is 5.02 Å². The zero-order valence-corrected chi connectivity index (χ0v) is 11.8. The van der Waals surface area contributed by atoms with Gasteiger partial charge in [-0.2, -0.15) is 5.26 Å². The van der Waals surface area contributed by atoms with E-state index in [2.05, 4.69) is 17.8 Å². The van der Waals surface area contributed by atoms with E-state index in [4.69, 9.17) is 38.5 Å². The van der Waals surface area contributed by atoms with Gasteiger partial charge in [-0.3, -0.25) is 0 Å². The quantitative estimate of drug-likeness (QED) is 0.364. The van der Waals surface area contributed by atoms with E-state index < -0.39 is 12.5 Å². The van der Waals surface area contributed by atoms with Crippen molar-refractivity contribution >= 4 is 23.5 Å². The zero-order valence-electron chi connectivity index (χ0n) is 11.1. The number of halogens is 1. The number of hydrogen-bond acceptors (Lipinski definition) is 6. The van der Waals surface area contributed by atoms with Crippen molar-refractivity contribution < 1.29 is 10.2 Å². The van der Waals surface area contributed by atoms with Crippen LogP contribution in [0.3, 0.4) is 0 Å². The van der Waals surface area contributed by atoms with Crippen molar-refractivity contribution in [1.29, 1.82) is 5.26 Å². The number of benzene rings is 1. The van der Waals surface area contributed by atoms with E-state index in [9.17, 15) is 0 Å². The second-order valence-electron chi connectivity index (χ2n) is 3.69. The minimum Gasteiger partial charge on any atom is -0.398 e. The van der Waals surface area contributed by atoms with Crippen LogP contribution in [0.1, 0.15) is 11.1 Å². The van der Waals surface area contributed by atoms with Crippen LogP contribution in [0.25, 0.3) is 5.70 Å². The predicted octanol–water partition coefficient (Wildman–Crippen LogP) is 0.429. The molecule has 0 heterocycles. The van der Waals surface area contributed by atoms with E-state index in [1.54, 1.807) is 6.07 Å². The van der Waals surface area contributed by atoms with Crippen molar-refractivity contribution in [2.75, 3.05) is 6.54 Å². The molecule has 110 valence electrons. The summed E-state index contributed by atoms with van der Waals surface area (Å²) in [5, 5.41) is 27.3. The summed E-state index contributed by atoms with van der Waals surface area (Å²) in [5.74, 6) is -2.31. The molecule has 0 saturated carbocycles. The van der Waals surface area contributed by atoms with E-state index in [0.717, 1.165) is 6.21 Å². The third-order valence-corrected chi connectivity index (χ3v) is 2.54. The number of aliphatic hydroxyl groups is 2. The molecule has 6 N–H and O–H groups in total. The number of nitriles is 1. The SMILES string of the molecule is C#C.N#Cc1ccc(/C(N)=C/C=N/C(O)(O)CN)cc1Cl. The molecule has 0 aliphatic carbocycles. The molecule has 0 aromatic heterocycles. The molecular formula is C14H15ClN4O2. The normalized spacial score (nSPS) is 11.6. The highest BCUT2D eigenvalue weighted by molar-refractivity contribution is 6.31. The van der Waals surface area contributed by atoms with Gasteiger partial charge in [-0.1, -0.05) is 17.7 Å². The van der Waals surface area contributed by atoms with Crippen LogP contribution >= 0.6 is 11.6 Å². The maximum Gasteiger partial charge on any atom is 0.277 e. The van der Waals surface area contributed by atoms with Crippen LogP contribution in [0.4, 0.5) is 0 Å². The molecule has 6 nitrogen and oxygen atoms in total. The van der Waals surface area contributed by atoms with Crippen molar-refractivity contribution in [3.63, 3.8) is 0 Å². The van der Waals surface area contributed by atoms with Crippen LogP contribution in [0.5, 0.6) is 0 Å². The first kappa shape index (κ1) is 18.7. The number of hydrogen-bond donors (Lipinski definition) is 4. The number of rotatable bonds is 4. The number of allylic oxidation sites excluding steroid dienone is 1. The molecule has 21 heavy (non-hydrogen) atoms. The van der Waals surface area contributed by atoms with Gasteiger partial charge in [0.25, 0.3) is 5.91 Å². The highest BCUT2D eigenvalue weighted by Gasteiger charge is 2.16. The lowest BCUT2D eigenvalue weighted by Gasteiger charge is -2.12. The Balaban J connectivity index is 0.00000191. The molecule has 7 heteroatoms. The first-order valence-electron chi connectivity index (χ1n) is 5.59. The Morgan fingerprint density at radius 1 is 1.48 bits per heavy atom. The Morgan fingerprint density at radius 3 is 2.57 bits per heavy atom. The molecule has 1 aromatic rings. The summed E-state index contributed by atoms with van der Waals surface area (Å²) < 4.78 is 0. The van der Waals surface area contributed by atoms with Crippen LogP contribution in [0.15, 0.2) is 29.3 Å². The summed E-state index contributed by atoms with van der Waals surface area (Å²) in [7, 11) is 0. The second kappa shape index (κ2) is 8.75. The van der Waals surface area contributed by atoms with E-state index in [1.165, 1.54) is 18.2 Å². The number of nitrogens with zero attached hydrogens (tertiary/aromatic N) is 2. The molecule has 0 saturated heterocycles. The second-order valence-corrected chi connectivity index (χ2v) is 4.09. The Kier molecular flexibility index (Phi) is 7.77. The minimum absolute atomic E-state index is 0.286. The van der Waals surface area contributed by atoms with Crippen molar-refractivity contribution in [3.8, 4) is 18.9 Å². The summed E-state index contributed by atoms with van der Waals surface area (Å²) in [5.41, 5.74) is 12.1. The maximum absolute atomic E-state index is 9.12. The molecule has 0 fully saturated rings. The molecule has 0 radical (unpaired) electrons. The number of aliphatic imine (C=N–C) groups is 1. The standard InChI is InChI=1S/C12H13ClN4O2.C2H2/c13-10-5-8(1-2-9(10)6-14)11(16)3-4-17-12(18,19)7-15;1-2/h1-5,18-19H,7,15-16H2;1-2H/b11-3-,17-4+;. The fourth-order valence-corrected chi connectivity index (χ4v) is 1.39. The smallest absolute Gasteiger partial charge is 0.277 e. The fraction of sp³-hybridized carbons (Fsp3) is 0.143. The molecule has 0 spiro atoms. The van der Waals surface area contributed by atoms with Gasteiger partial charge in [-0.15, -0.1) is 12.8 Å². The van der Waals surface area contributed by atoms with Gasteiger partial charge >= 0.3 is 0 Å². The highest BCUT2D eigenvalue weighted by Crippen LogP contribution is 2.19. The van der Waals surface area contributed by atoms with E-state index >= 15 is 0 Å². The summed E-state index contributed by atoms with van der Waals surface area (Å²) in [4.78, 5) is 3.42. The highest BCUT2D eigenvalue weighted by atomic mass is 35.5. The van der Waals surface area contributed by atoms with Gasteiger partial charge in [0.05, 0.1) is 17.1 Å². The summed E-state index contributed by atoms with van der Waals surface area (Å²) >= 11 is 5.87. The van der Waals surface area contributed by atoms with Crippen LogP contribution in [-0.4, -0.2) is 28.9 Å². The van der Waals surface area contributed by atoms with Gasteiger partial charge < -0.3 is 21.7 Å². The average Bonchev–Trinajstić information content (AvgIpc) is 2.49. The Labute approximate surface area is 128 Å². The molecule has 0 unspecified atom stereocenters. The van der Waals surface area contributed by atoms with Crippen molar-refractivity contribution in [3.05, 3.63) is 40.4 Å². The van der Waals surface area contributed by atoms with Gasteiger partial charge in [0.1, 0.15) is 6.07 Å². The summed E-state index contributed by atoms with van der Waals surface area (Å²) in [6.45, 7) is -0.431. The van der Waals surface area contributed by atoms with Crippen LogP contribution in [0, 0.1) is 24.2 Å². The lowest BCUT2D eigenvalue weighted by atomic mass is 10.1. The first-order valence-corrected chi connectivity index (χ1v) is 5.96. The van der Waals surface area contributed by atoms with Gasteiger partial charge in [0, 0.05) is 11.9 Å². The predicted molar refractivity (Wildman–Crippen MR) is 82.9 cm³/mol. The molecule has 1 aromatic carbocycles. The molecule has 0 aliphatic rings. The Hall–Kier alpha value is -2.35. The molecule has 1 rings (SSSR count). The van der Waals surface area contributed by atoms with Gasteiger partial charge in [0.2, 0.25) is 0 Å². The number of nitrogens with two attached hydrogens (primary N) is 2. The molecule has 0 bridgehead atoms. The Bertz CT molecular complexity index is 601. The summed E-state index contributed by atoms with van der Waals surface area (Å²) in [6.07, 6.45) is 10.5. The third kappa shape index (κ3) is 6.09. The van der Waals surface area contributed by atoms with Gasteiger partial charge in [0.15, 0.2) is 0 Å². The maximum atomic E-state index is 9.12. The van der Waals surface area contributed by atoms with Gasteiger partial charge in [-0.05, 0) is 23.8 Å². The summed E-state index contributed by atoms with van der Waals surface area (Å²) in [6, 6.07) is 6.63. The molecule has 0 aliphatic heterocycles. The third-order valence-electron chi connectivity index (χ3n) is 2.23. The largest absolute Gasteiger partial charge is 0.398 e. The average molecular weight is 307 g/mol. The topological polar surface area (TPSA) is 129 Å². The Morgan fingerprint density at radius 2 is 2.10 bits per heavy atom. The van der Waals surface area contributed by atoms with Gasteiger partial charge in [-0.25, -0.2) is 4.99 Å². The zero-order chi connectivity index (χ0) is 16.5. The van der Waals surface area contributed by atoms with Crippen molar-refractivity contribution in [2.24, 2.45) is 16.5 Å². The van der Waals surface area contributed by atoms with Crippen molar-refractivity contribution in [1.82, 2.24) is 0 Å². The molecule has 0 amide bonds. The lowest BCUT2D eigenvalue weighted by molar-refractivity contribution is -0.142. The lowest BCUT2D eigenvalue weighted by Crippen LogP contribution is -2.35. The minimum atomic E-state index is -2.31. The van der Waals surface area contributed by atoms with Crippen molar-refractivity contribution in [2.45, 2.75) is 5.91 Å². The van der Waals surface area contributed by atoms with E-state index in [0.29, 0.717) is 16.8 Å². The fourth-order valence-electron chi connectivity index (χ4n) is 1.17. The van der Waals surface area contributed by atoms with Crippen LogP contribution < -0.4 is 11.5 Å². The monoisotopic (exact) mass is 306 g/mol.